The predicted octanol–water partition coefficient (Wildman–Crippen LogP) is 2.18. The summed E-state index contributed by atoms with van der Waals surface area (Å²) in [6.45, 7) is -4.44. The normalized spacial score (nSPS) is 26.6. The van der Waals surface area contributed by atoms with Crippen LogP contribution in [0, 0.1) is 0 Å². The molecule has 0 aromatic carbocycles. The van der Waals surface area contributed by atoms with Crippen LogP contribution in [0.1, 0.15) is 6.92 Å². The fourth-order valence-corrected chi connectivity index (χ4v) is 3.80. The summed E-state index contributed by atoms with van der Waals surface area (Å²) >= 11 is 0. The van der Waals surface area contributed by atoms with Gasteiger partial charge in [0.1, 0.15) is 64.7 Å². The summed E-state index contributed by atoms with van der Waals surface area (Å²) in [6.07, 6.45) is -2.42. The van der Waals surface area contributed by atoms with Crippen LogP contribution in [-0.4, -0.2) is 142 Å². The Bertz CT molecular complexity index is 657. The molecule has 0 saturated carbocycles. The highest BCUT2D eigenvalue weighted by Gasteiger charge is 2.69. The standard InChI is InChI=1S/C20H35F9N2O4/c1-17(22,23)20(28,29)19(26,27)14-35-11-16(33)9-31(3)6-4-30(2,5-7-31)8-15(32)10-34-13-18(24,25)12-21/h15-16,32-33H,4-14H2,1-3H3/q+2. The quantitative estimate of drug-likeness (QED) is 0.248. The molecule has 1 fully saturated rings. The fraction of sp³-hybridized carbons (Fsp3) is 1.00. The summed E-state index contributed by atoms with van der Waals surface area (Å²) in [5.74, 6) is -19.3. The van der Waals surface area contributed by atoms with Crippen LogP contribution in [0.15, 0.2) is 0 Å². The Morgan fingerprint density at radius 1 is 0.743 bits per heavy atom. The maximum absolute atomic E-state index is 13.5. The average Bonchev–Trinajstić information content (AvgIpc) is 2.69. The number of rotatable bonds is 15. The second-order valence-electron chi connectivity index (χ2n) is 9.99. The van der Waals surface area contributed by atoms with Crippen molar-refractivity contribution in [2.75, 3.05) is 86.5 Å². The van der Waals surface area contributed by atoms with Crippen LogP contribution in [0.2, 0.25) is 0 Å². The summed E-state index contributed by atoms with van der Waals surface area (Å²) < 4.78 is 127. The highest BCUT2D eigenvalue weighted by atomic mass is 19.3. The van der Waals surface area contributed by atoms with Crippen LogP contribution in [0.25, 0.3) is 0 Å². The smallest absolute Gasteiger partial charge is 0.373 e. The van der Waals surface area contributed by atoms with Crippen molar-refractivity contribution in [1.82, 2.24) is 0 Å². The summed E-state index contributed by atoms with van der Waals surface area (Å²) in [7, 11) is 3.57. The molecule has 35 heavy (non-hydrogen) atoms. The monoisotopic (exact) mass is 538 g/mol. The zero-order chi connectivity index (χ0) is 27.3. The molecule has 1 aliphatic rings. The molecule has 0 aromatic rings. The van der Waals surface area contributed by atoms with Gasteiger partial charge in [0.2, 0.25) is 0 Å². The van der Waals surface area contributed by atoms with Gasteiger partial charge in [-0.1, -0.05) is 0 Å². The molecule has 0 spiro atoms. The Morgan fingerprint density at radius 3 is 1.46 bits per heavy atom. The third-order valence-corrected chi connectivity index (χ3v) is 6.09. The van der Waals surface area contributed by atoms with Gasteiger partial charge >= 0.3 is 17.8 Å². The van der Waals surface area contributed by atoms with Crippen molar-refractivity contribution in [3.63, 3.8) is 0 Å². The minimum Gasteiger partial charge on any atom is -0.385 e. The van der Waals surface area contributed by atoms with Crippen LogP contribution >= 0.6 is 0 Å². The first-order valence-corrected chi connectivity index (χ1v) is 10.9. The van der Waals surface area contributed by atoms with Crippen LogP contribution in [-0.2, 0) is 9.47 Å². The zero-order valence-corrected chi connectivity index (χ0v) is 19.9. The van der Waals surface area contributed by atoms with E-state index in [1.165, 1.54) is 0 Å². The van der Waals surface area contributed by atoms with Crippen molar-refractivity contribution in [3.8, 4) is 0 Å². The van der Waals surface area contributed by atoms with Crippen molar-refractivity contribution < 1.29 is 68.2 Å². The molecule has 2 atom stereocenters. The summed E-state index contributed by atoms with van der Waals surface area (Å²) in [6, 6.07) is 0. The van der Waals surface area contributed by atoms with E-state index in [0.29, 0.717) is 30.7 Å². The van der Waals surface area contributed by atoms with Gasteiger partial charge in [0, 0.05) is 6.92 Å². The number of aliphatic hydroxyl groups excluding tert-OH is 2. The van der Waals surface area contributed by atoms with Crippen molar-refractivity contribution in [2.45, 2.75) is 42.8 Å². The molecular weight excluding hydrogens is 503 g/mol. The number of hydrogen-bond donors (Lipinski definition) is 2. The van der Waals surface area contributed by atoms with Gasteiger partial charge in [-0.15, -0.1) is 0 Å². The van der Waals surface area contributed by atoms with E-state index >= 15 is 0 Å². The van der Waals surface area contributed by atoms with E-state index in [1.807, 2.05) is 7.05 Å². The number of ether oxygens (including phenoxy) is 2. The van der Waals surface area contributed by atoms with Crippen molar-refractivity contribution >= 4 is 0 Å². The largest absolute Gasteiger partial charge is 0.385 e. The van der Waals surface area contributed by atoms with Crippen molar-refractivity contribution in [3.05, 3.63) is 0 Å². The number of likely N-dealkylation sites (N-methyl/N-ethyl adjacent to an activating group) is 2. The van der Waals surface area contributed by atoms with E-state index in [-0.39, 0.29) is 24.5 Å². The maximum atomic E-state index is 13.5. The molecule has 2 unspecified atom stereocenters. The van der Waals surface area contributed by atoms with Crippen molar-refractivity contribution in [1.29, 1.82) is 0 Å². The number of quaternary nitrogens is 2. The van der Waals surface area contributed by atoms with E-state index < -0.39 is 69.0 Å². The molecule has 0 bridgehead atoms. The highest BCUT2D eigenvalue weighted by molar-refractivity contribution is 4.93. The lowest BCUT2D eigenvalue weighted by Gasteiger charge is -2.47. The Labute approximate surface area is 198 Å². The summed E-state index contributed by atoms with van der Waals surface area (Å²) in [5.41, 5.74) is 0. The minimum atomic E-state index is -5.62. The van der Waals surface area contributed by atoms with E-state index in [9.17, 15) is 49.7 Å². The second kappa shape index (κ2) is 11.7. The van der Waals surface area contributed by atoms with Crippen LogP contribution in [0.5, 0.6) is 0 Å². The van der Waals surface area contributed by atoms with E-state index in [0.717, 1.165) is 0 Å². The second-order valence-corrected chi connectivity index (χ2v) is 9.99. The molecule has 1 heterocycles. The molecular formula is C20H35F9N2O4+2. The molecule has 0 radical (unpaired) electrons. The van der Waals surface area contributed by atoms with Crippen LogP contribution in [0.4, 0.5) is 39.5 Å². The lowest BCUT2D eigenvalue weighted by molar-refractivity contribution is -1.02. The van der Waals surface area contributed by atoms with Gasteiger partial charge in [0.25, 0.3) is 5.92 Å². The SMILES string of the molecule is CC(F)(F)C(F)(F)C(F)(F)COCC(O)C[N+]1(C)CC[N+](C)(CC(O)COCC(F)(F)CF)CC1. The van der Waals surface area contributed by atoms with E-state index in [4.69, 9.17) is 0 Å². The lowest BCUT2D eigenvalue weighted by Crippen LogP contribution is -2.66. The summed E-state index contributed by atoms with van der Waals surface area (Å²) in [5, 5.41) is 20.2. The maximum Gasteiger partial charge on any atom is 0.373 e. The van der Waals surface area contributed by atoms with Crippen LogP contribution in [0.3, 0.4) is 0 Å². The van der Waals surface area contributed by atoms with E-state index in [2.05, 4.69) is 9.47 Å². The Kier molecular flexibility index (Phi) is 10.7. The molecule has 1 rings (SSSR count). The minimum absolute atomic E-state index is 0.00980. The molecule has 0 aliphatic carbocycles. The zero-order valence-electron chi connectivity index (χ0n) is 19.9. The highest BCUT2D eigenvalue weighted by Crippen LogP contribution is 2.45. The number of aliphatic hydroxyl groups is 2. The van der Waals surface area contributed by atoms with Gasteiger partial charge in [0.05, 0.1) is 27.3 Å². The average molecular weight is 538 g/mol. The van der Waals surface area contributed by atoms with Gasteiger partial charge in [0.15, 0.2) is 6.67 Å². The molecule has 6 nitrogen and oxygen atoms in total. The third kappa shape index (κ3) is 9.50. The first-order chi connectivity index (χ1) is 15.7. The molecule has 1 aliphatic heterocycles. The van der Waals surface area contributed by atoms with Crippen molar-refractivity contribution in [2.24, 2.45) is 0 Å². The summed E-state index contributed by atoms with van der Waals surface area (Å²) in [4.78, 5) is 0. The molecule has 0 aromatic heterocycles. The van der Waals surface area contributed by atoms with Gasteiger partial charge in [-0.25, -0.2) is 13.2 Å². The number of hydrogen-bond acceptors (Lipinski definition) is 4. The number of nitrogens with zero attached hydrogens (tertiary/aromatic N) is 2. The molecule has 15 heteroatoms. The Balaban J connectivity index is 2.46. The Hall–Kier alpha value is -0.870. The number of alkyl halides is 9. The van der Waals surface area contributed by atoms with Gasteiger partial charge in [-0.05, 0) is 0 Å². The topological polar surface area (TPSA) is 58.9 Å². The lowest BCUT2D eigenvalue weighted by atomic mass is 10.1. The molecule has 1 saturated heterocycles. The van der Waals surface area contributed by atoms with Gasteiger partial charge < -0.3 is 28.7 Å². The van der Waals surface area contributed by atoms with Crippen LogP contribution < -0.4 is 0 Å². The Morgan fingerprint density at radius 2 is 1.11 bits per heavy atom. The predicted molar refractivity (Wildman–Crippen MR) is 107 cm³/mol. The first kappa shape index (κ1) is 32.2. The number of halogens is 9. The molecule has 210 valence electrons. The van der Waals surface area contributed by atoms with E-state index in [1.54, 1.807) is 7.05 Å². The molecule has 2 N–H and O–H groups in total. The third-order valence-electron chi connectivity index (χ3n) is 6.09. The first-order valence-electron chi connectivity index (χ1n) is 10.9. The van der Waals surface area contributed by atoms with Gasteiger partial charge in [-0.2, -0.15) is 26.3 Å². The van der Waals surface area contributed by atoms with Gasteiger partial charge in [-0.3, -0.25) is 0 Å². The number of piperazine rings is 1. The molecule has 0 amide bonds. The fourth-order valence-electron chi connectivity index (χ4n) is 3.80.